The van der Waals surface area contributed by atoms with Gasteiger partial charge in [0.25, 0.3) is 0 Å². The van der Waals surface area contributed by atoms with E-state index in [0.29, 0.717) is 0 Å². The number of hydrogen-bond acceptors (Lipinski definition) is 0. The predicted octanol–water partition coefficient (Wildman–Crippen LogP) is 5.85. The largest absolute Gasteiger partial charge is 0.0590 e. The molecule has 1 aromatic carbocycles. The molecule has 19 heavy (non-hydrogen) atoms. The van der Waals surface area contributed by atoms with Gasteiger partial charge in [-0.05, 0) is 55.9 Å². The number of aryl methyl sites for hydroxylation is 1. The van der Waals surface area contributed by atoms with E-state index >= 15 is 0 Å². The highest BCUT2D eigenvalue weighted by molar-refractivity contribution is 5.24. The summed E-state index contributed by atoms with van der Waals surface area (Å²) in [5.41, 5.74) is 2.98. The molecule has 0 radical (unpaired) electrons. The lowest BCUT2D eigenvalue weighted by Gasteiger charge is -2.36. The van der Waals surface area contributed by atoms with Gasteiger partial charge in [-0.15, -0.1) is 0 Å². The van der Waals surface area contributed by atoms with Crippen molar-refractivity contribution in [3.05, 3.63) is 35.4 Å². The van der Waals surface area contributed by atoms with E-state index in [1.807, 2.05) is 0 Å². The van der Waals surface area contributed by atoms with Gasteiger partial charge in [-0.3, -0.25) is 0 Å². The van der Waals surface area contributed by atoms with Crippen LogP contribution in [0.4, 0.5) is 0 Å². The monoisotopic (exact) mass is 256 g/mol. The van der Waals surface area contributed by atoms with Crippen LogP contribution in [-0.2, 0) is 0 Å². The van der Waals surface area contributed by atoms with E-state index in [2.05, 4.69) is 31.2 Å². The number of rotatable bonds is 2. The Morgan fingerprint density at radius 2 is 1.26 bits per heavy atom. The molecule has 0 N–H and O–H groups in total. The van der Waals surface area contributed by atoms with Crippen molar-refractivity contribution >= 4 is 0 Å². The molecule has 0 saturated heterocycles. The topological polar surface area (TPSA) is 0 Å². The molecule has 0 unspecified atom stereocenters. The molecule has 104 valence electrons. The number of hydrogen-bond donors (Lipinski definition) is 0. The van der Waals surface area contributed by atoms with E-state index < -0.39 is 0 Å². The Bertz CT molecular complexity index is 375. The second-order valence-corrected chi connectivity index (χ2v) is 6.92. The first kappa shape index (κ1) is 13.2. The lowest BCUT2D eigenvalue weighted by Crippen LogP contribution is -2.23. The van der Waals surface area contributed by atoms with Crippen LogP contribution in [0, 0.1) is 18.8 Å². The quantitative estimate of drug-likeness (QED) is 0.622. The van der Waals surface area contributed by atoms with Crippen molar-refractivity contribution in [1.82, 2.24) is 0 Å². The average Bonchev–Trinajstić information content (AvgIpc) is 2.49. The standard InChI is InChI=1S/C19H28/c1-15-7-9-17(10-8-15)19-13-11-18(12-14-19)16-5-3-2-4-6-16/h7-10,16,18-19H,2-6,11-14H2,1H3. The Kier molecular flexibility index (Phi) is 4.25. The first-order valence-electron chi connectivity index (χ1n) is 8.39. The molecule has 2 aliphatic rings. The fraction of sp³-hybridized carbons (Fsp3) is 0.684. The van der Waals surface area contributed by atoms with Gasteiger partial charge in [0.05, 0.1) is 0 Å². The highest BCUT2D eigenvalue weighted by Gasteiger charge is 2.28. The summed E-state index contributed by atoms with van der Waals surface area (Å²) >= 11 is 0. The summed E-state index contributed by atoms with van der Waals surface area (Å²) < 4.78 is 0. The molecule has 0 nitrogen and oxygen atoms in total. The molecule has 0 atom stereocenters. The molecule has 0 spiro atoms. The molecule has 1 aromatic rings. The molecule has 2 aliphatic carbocycles. The fourth-order valence-electron chi connectivity index (χ4n) is 4.37. The van der Waals surface area contributed by atoms with Gasteiger partial charge in [-0.1, -0.05) is 61.9 Å². The minimum Gasteiger partial charge on any atom is -0.0590 e. The van der Waals surface area contributed by atoms with E-state index in [-0.39, 0.29) is 0 Å². The molecule has 0 heteroatoms. The minimum atomic E-state index is 0.848. The van der Waals surface area contributed by atoms with Crippen LogP contribution < -0.4 is 0 Å². The van der Waals surface area contributed by atoms with Gasteiger partial charge in [-0.2, -0.15) is 0 Å². The van der Waals surface area contributed by atoms with Crippen molar-refractivity contribution in [2.45, 2.75) is 70.6 Å². The van der Waals surface area contributed by atoms with Gasteiger partial charge < -0.3 is 0 Å². The minimum absolute atomic E-state index is 0.848. The van der Waals surface area contributed by atoms with Gasteiger partial charge in [0.2, 0.25) is 0 Å². The molecule has 0 aromatic heterocycles. The Labute approximate surface area is 118 Å². The van der Waals surface area contributed by atoms with Crippen LogP contribution in [0.3, 0.4) is 0 Å². The summed E-state index contributed by atoms with van der Waals surface area (Å²) in [5.74, 6) is 2.98. The lowest BCUT2D eigenvalue weighted by molar-refractivity contribution is 0.186. The third-order valence-corrected chi connectivity index (χ3v) is 5.64. The van der Waals surface area contributed by atoms with Crippen LogP contribution in [0.1, 0.15) is 74.8 Å². The van der Waals surface area contributed by atoms with Crippen molar-refractivity contribution in [1.29, 1.82) is 0 Å². The van der Waals surface area contributed by atoms with Gasteiger partial charge in [-0.25, -0.2) is 0 Å². The van der Waals surface area contributed by atoms with Gasteiger partial charge in [0, 0.05) is 0 Å². The smallest absolute Gasteiger partial charge is 0.0162 e. The molecule has 2 saturated carbocycles. The molecule has 3 rings (SSSR count). The van der Waals surface area contributed by atoms with Crippen molar-refractivity contribution in [2.24, 2.45) is 11.8 Å². The van der Waals surface area contributed by atoms with Gasteiger partial charge >= 0.3 is 0 Å². The summed E-state index contributed by atoms with van der Waals surface area (Å²) in [6.45, 7) is 2.18. The predicted molar refractivity (Wildman–Crippen MR) is 82.5 cm³/mol. The second kappa shape index (κ2) is 6.11. The van der Waals surface area contributed by atoms with Crippen LogP contribution in [-0.4, -0.2) is 0 Å². The maximum Gasteiger partial charge on any atom is -0.0162 e. The van der Waals surface area contributed by atoms with Crippen molar-refractivity contribution in [3.63, 3.8) is 0 Å². The molecular weight excluding hydrogens is 228 g/mol. The van der Waals surface area contributed by atoms with E-state index in [1.54, 1.807) is 5.56 Å². The zero-order chi connectivity index (χ0) is 13.1. The van der Waals surface area contributed by atoms with Crippen LogP contribution in [0.25, 0.3) is 0 Å². The maximum absolute atomic E-state index is 2.36. The van der Waals surface area contributed by atoms with E-state index in [4.69, 9.17) is 0 Å². The van der Waals surface area contributed by atoms with Crippen LogP contribution in [0.15, 0.2) is 24.3 Å². The van der Waals surface area contributed by atoms with Crippen LogP contribution in [0.5, 0.6) is 0 Å². The maximum atomic E-state index is 2.36. The normalized spacial score (nSPS) is 29.3. The van der Waals surface area contributed by atoms with Gasteiger partial charge in [0.1, 0.15) is 0 Å². The van der Waals surface area contributed by atoms with E-state index in [9.17, 15) is 0 Å². The highest BCUT2D eigenvalue weighted by atomic mass is 14.3. The molecule has 0 bridgehead atoms. The van der Waals surface area contributed by atoms with Crippen molar-refractivity contribution < 1.29 is 0 Å². The van der Waals surface area contributed by atoms with E-state index in [0.717, 1.165) is 17.8 Å². The summed E-state index contributed by atoms with van der Waals surface area (Å²) in [4.78, 5) is 0. The molecular formula is C19H28. The second-order valence-electron chi connectivity index (χ2n) is 6.92. The molecule has 2 fully saturated rings. The molecule has 0 aliphatic heterocycles. The third kappa shape index (κ3) is 3.22. The van der Waals surface area contributed by atoms with Crippen LogP contribution in [0.2, 0.25) is 0 Å². The zero-order valence-electron chi connectivity index (χ0n) is 12.4. The summed E-state index contributed by atoms with van der Waals surface area (Å²) in [5, 5.41) is 0. The average molecular weight is 256 g/mol. The highest BCUT2D eigenvalue weighted by Crippen LogP contribution is 2.42. The summed E-state index contributed by atoms with van der Waals surface area (Å²) in [6, 6.07) is 9.28. The lowest BCUT2D eigenvalue weighted by atomic mass is 9.70. The Hall–Kier alpha value is -0.780. The van der Waals surface area contributed by atoms with Crippen LogP contribution >= 0.6 is 0 Å². The summed E-state index contributed by atoms with van der Waals surface area (Å²) in [7, 11) is 0. The first-order valence-corrected chi connectivity index (χ1v) is 8.39. The SMILES string of the molecule is Cc1ccc(C2CCC(C3CCCCC3)CC2)cc1. The van der Waals surface area contributed by atoms with E-state index in [1.165, 1.54) is 63.4 Å². The van der Waals surface area contributed by atoms with Gasteiger partial charge in [0.15, 0.2) is 0 Å². The first-order chi connectivity index (χ1) is 9.33. The Morgan fingerprint density at radius 3 is 1.89 bits per heavy atom. The Morgan fingerprint density at radius 1 is 0.684 bits per heavy atom. The van der Waals surface area contributed by atoms with Crippen molar-refractivity contribution in [3.8, 4) is 0 Å². The molecule has 0 amide bonds. The summed E-state index contributed by atoms with van der Waals surface area (Å²) in [6.07, 6.45) is 13.4. The Balaban J connectivity index is 1.55. The molecule has 0 heterocycles. The fourth-order valence-corrected chi connectivity index (χ4v) is 4.37. The number of benzene rings is 1. The zero-order valence-corrected chi connectivity index (χ0v) is 12.4. The van der Waals surface area contributed by atoms with Crippen molar-refractivity contribution in [2.75, 3.05) is 0 Å². The third-order valence-electron chi connectivity index (χ3n) is 5.64.